The van der Waals surface area contributed by atoms with Gasteiger partial charge in [0, 0.05) is 19.0 Å². The van der Waals surface area contributed by atoms with Crippen LogP contribution in [0.3, 0.4) is 0 Å². The molecule has 0 aliphatic heterocycles. The van der Waals surface area contributed by atoms with Gasteiger partial charge in [-0.05, 0) is 36.2 Å². The average Bonchev–Trinajstić information content (AvgIpc) is 3.30. The monoisotopic (exact) mass is 391 g/mol. The molecule has 0 unspecified atom stereocenters. The Morgan fingerprint density at radius 1 is 1.21 bits per heavy atom. The number of carbonyl (C=O) groups excluding carboxylic acids is 1. The van der Waals surface area contributed by atoms with Crippen molar-refractivity contribution in [3.05, 3.63) is 66.2 Å². The maximum Gasteiger partial charge on any atom is 0.220 e. The Morgan fingerprint density at radius 2 is 2.03 bits per heavy atom. The molecule has 3 rings (SSSR count). The zero-order chi connectivity index (χ0) is 20.5. The average molecular weight is 391 g/mol. The number of nitrogens with zero attached hydrogens (tertiary/aromatic N) is 4. The summed E-state index contributed by atoms with van der Waals surface area (Å²) in [5.74, 6) is 1.02. The summed E-state index contributed by atoms with van der Waals surface area (Å²) in [5.41, 5.74) is 2.41. The van der Waals surface area contributed by atoms with E-state index in [9.17, 15) is 4.79 Å². The lowest BCUT2D eigenvalue weighted by molar-refractivity contribution is -0.121. The van der Waals surface area contributed by atoms with Crippen LogP contribution in [0.5, 0.6) is 11.5 Å². The highest BCUT2D eigenvalue weighted by Gasteiger charge is 2.07. The molecule has 8 nitrogen and oxygen atoms in total. The first kappa shape index (κ1) is 19.9. The molecular weight excluding hydrogens is 370 g/mol. The van der Waals surface area contributed by atoms with Crippen LogP contribution in [0.1, 0.15) is 24.0 Å². The van der Waals surface area contributed by atoms with Crippen LogP contribution in [-0.4, -0.2) is 34.4 Å². The molecule has 1 amide bonds. The molecule has 148 valence electrons. The van der Waals surface area contributed by atoms with Crippen molar-refractivity contribution in [3.8, 4) is 23.3 Å². The molecule has 3 aromatic rings. The van der Waals surface area contributed by atoms with Crippen LogP contribution < -0.4 is 14.8 Å². The van der Waals surface area contributed by atoms with Gasteiger partial charge in [-0.15, -0.1) is 0 Å². The molecule has 0 saturated carbocycles. The molecule has 0 spiro atoms. The maximum atomic E-state index is 12.0. The van der Waals surface area contributed by atoms with Gasteiger partial charge in [-0.2, -0.15) is 10.4 Å². The number of hydrogen-bond acceptors (Lipinski definition) is 6. The van der Waals surface area contributed by atoms with Crippen LogP contribution >= 0.6 is 0 Å². The van der Waals surface area contributed by atoms with E-state index >= 15 is 0 Å². The molecule has 0 aliphatic rings. The Labute approximate surface area is 168 Å². The van der Waals surface area contributed by atoms with Crippen LogP contribution in [0.2, 0.25) is 0 Å². The van der Waals surface area contributed by atoms with Gasteiger partial charge in [0.2, 0.25) is 5.91 Å². The number of benzene rings is 2. The molecule has 1 heterocycles. The van der Waals surface area contributed by atoms with Gasteiger partial charge in [0.1, 0.15) is 12.7 Å². The van der Waals surface area contributed by atoms with Gasteiger partial charge in [0.25, 0.3) is 0 Å². The SMILES string of the molecule is COc1cc(C#N)ccc1OCCCC(=O)NCc1ccc(-n2cncn2)cc1. The zero-order valence-corrected chi connectivity index (χ0v) is 16.0. The Balaban J connectivity index is 1.39. The summed E-state index contributed by atoms with van der Waals surface area (Å²) in [7, 11) is 1.52. The number of ether oxygens (including phenoxy) is 2. The molecule has 1 N–H and O–H groups in total. The van der Waals surface area contributed by atoms with Crippen LogP contribution in [0.4, 0.5) is 0 Å². The fourth-order valence-electron chi connectivity index (χ4n) is 2.67. The van der Waals surface area contributed by atoms with Crippen LogP contribution in [0.25, 0.3) is 5.69 Å². The van der Waals surface area contributed by atoms with E-state index in [0.29, 0.717) is 43.1 Å². The number of methoxy groups -OCH3 is 1. The van der Waals surface area contributed by atoms with Crippen molar-refractivity contribution >= 4 is 5.91 Å². The van der Waals surface area contributed by atoms with E-state index in [4.69, 9.17) is 14.7 Å². The maximum absolute atomic E-state index is 12.0. The first-order valence-corrected chi connectivity index (χ1v) is 9.11. The van der Waals surface area contributed by atoms with E-state index in [1.165, 1.54) is 13.4 Å². The first-order valence-electron chi connectivity index (χ1n) is 9.11. The number of aromatic nitrogens is 3. The minimum Gasteiger partial charge on any atom is -0.493 e. The highest BCUT2D eigenvalue weighted by atomic mass is 16.5. The van der Waals surface area contributed by atoms with Crippen LogP contribution in [0.15, 0.2) is 55.1 Å². The topological polar surface area (TPSA) is 102 Å². The summed E-state index contributed by atoms with van der Waals surface area (Å²) in [6.07, 6.45) is 4.04. The predicted molar refractivity (Wildman–Crippen MR) is 106 cm³/mol. The zero-order valence-electron chi connectivity index (χ0n) is 16.0. The van der Waals surface area contributed by atoms with E-state index in [0.717, 1.165) is 11.3 Å². The smallest absolute Gasteiger partial charge is 0.220 e. The fourth-order valence-corrected chi connectivity index (χ4v) is 2.67. The molecule has 0 radical (unpaired) electrons. The molecule has 29 heavy (non-hydrogen) atoms. The number of nitriles is 1. The predicted octanol–water partition coefficient (Wildman–Crippen LogP) is 2.62. The van der Waals surface area contributed by atoms with Crippen molar-refractivity contribution in [2.24, 2.45) is 0 Å². The normalized spacial score (nSPS) is 10.2. The summed E-state index contributed by atoms with van der Waals surface area (Å²) in [5, 5.41) is 15.9. The van der Waals surface area contributed by atoms with Gasteiger partial charge in [0.05, 0.1) is 31.0 Å². The number of rotatable bonds is 9. The van der Waals surface area contributed by atoms with Gasteiger partial charge < -0.3 is 14.8 Å². The Bertz CT molecular complexity index is 979. The quantitative estimate of drug-likeness (QED) is 0.563. The molecule has 8 heteroatoms. The Morgan fingerprint density at radius 3 is 2.72 bits per heavy atom. The summed E-state index contributed by atoms with van der Waals surface area (Å²) >= 11 is 0. The molecule has 0 atom stereocenters. The third kappa shape index (κ3) is 5.56. The molecule has 0 saturated heterocycles. The van der Waals surface area contributed by atoms with Crippen molar-refractivity contribution in [1.82, 2.24) is 20.1 Å². The lowest BCUT2D eigenvalue weighted by Gasteiger charge is -2.11. The summed E-state index contributed by atoms with van der Waals surface area (Å²) < 4.78 is 12.6. The second-order valence-electron chi connectivity index (χ2n) is 6.21. The molecular formula is C21H21N5O3. The summed E-state index contributed by atoms with van der Waals surface area (Å²) in [6, 6.07) is 14.8. The minimum atomic E-state index is -0.0410. The lowest BCUT2D eigenvalue weighted by atomic mass is 10.2. The molecule has 0 aliphatic carbocycles. The summed E-state index contributed by atoms with van der Waals surface area (Å²) in [6.45, 7) is 0.836. The Kier molecular flexibility index (Phi) is 6.79. The van der Waals surface area contributed by atoms with Gasteiger partial charge in [0.15, 0.2) is 11.5 Å². The van der Waals surface area contributed by atoms with E-state index in [1.54, 1.807) is 29.2 Å². The van der Waals surface area contributed by atoms with Crippen LogP contribution in [0, 0.1) is 11.3 Å². The molecule has 0 fully saturated rings. The lowest BCUT2D eigenvalue weighted by Crippen LogP contribution is -2.23. The standard InChI is InChI=1S/C21H21N5O3/c1-28-20-11-17(12-22)6-9-19(20)29-10-2-3-21(27)24-13-16-4-7-18(8-5-16)26-15-23-14-25-26/h4-9,11,14-15H,2-3,10,13H2,1H3,(H,24,27). The first-order chi connectivity index (χ1) is 14.2. The molecule has 1 aromatic heterocycles. The van der Waals surface area contributed by atoms with E-state index in [1.807, 2.05) is 24.3 Å². The van der Waals surface area contributed by atoms with Crippen molar-refractivity contribution in [2.75, 3.05) is 13.7 Å². The number of hydrogen-bond donors (Lipinski definition) is 1. The van der Waals surface area contributed by atoms with Gasteiger partial charge in [-0.1, -0.05) is 12.1 Å². The largest absolute Gasteiger partial charge is 0.493 e. The van der Waals surface area contributed by atoms with E-state index in [2.05, 4.69) is 21.5 Å². The van der Waals surface area contributed by atoms with E-state index < -0.39 is 0 Å². The fraction of sp³-hybridized carbons (Fsp3) is 0.238. The van der Waals surface area contributed by atoms with Gasteiger partial charge in [-0.25, -0.2) is 9.67 Å². The molecule has 2 aromatic carbocycles. The number of amides is 1. The van der Waals surface area contributed by atoms with Crippen LogP contribution in [-0.2, 0) is 11.3 Å². The van der Waals surface area contributed by atoms with Crippen molar-refractivity contribution < 1.29 is 14.3 Å². The highest BCUT2D eigenvalue weighted by Crippen LogP contribution is 2.27. The minimum absolute atomic E-state index is 0.0410. The second kappa shape index (κ2) is 9.90. The number of nitrogens with one attached hydrogen (secondary N) is 1. The molecule has 0 bridgehead atoms. The second-order valence-corrected chi connectivity index (χ2v) is 6.21. The van der Waals surface area contributed by atoms with Gasteiger partial charge >= 0.3 is 0 Å². The van der Waals surface area contributed by atoms with Crippen molar-refractivity contribution in [3.63, 3.8) is 0 Å². The van der Waals surface area contributed by atoms with Crippen molar-refractivity contribution in [1.29, 1.82) is 5.26 Å². The third-order valence-corrected chi connectivity index (χ3v) is 4.21. The Hall–Kier alpha value is -3.86. The van der Waals surface area contributed by atoms with E-state index in [-0.39, 0.29) is 5.91 Å². The summed E-state index contributed by atoms with van der Waals surface area (Å²) in [4.78, 5) is 16.0. The van der Waals surface area contributed by atoms with Crippen molar-refractivity contribution in [2.45, 2.75) is 19.4 Å². The van der Waals surface area contributed by atoms with Gasteiger partial charge in [-0.3, -0.25) is 4.79 Å². The highest BCUT2D eigenvalue weighted by molar-refractivity contribution is 5.75. The number of carbonyl (C=O) groups is 1. The third-order valence-electron chi connectivity index (χ3n) is 4.21.